The predicted octanol–water partition coefficient (Wildman–Crippen LogP) is 2.71. The highest BCUT2D eigenvalue weighted by molar-refractivity contribution is 7.92. The summed E-state index contributed by atoms with van der Waals surface area (Å²) in [4.78, 5) is 12.5. The number of ether oxygens (including phenoxy) is 2. The zero-order valence-corrected chi connectivity index (χ0v) is 16.2. The highest BCUT2D eigenvalue weighted by atomic mass is 32.2. The van der Waals surface area contributed by atoms with E-state index in [4.69, 9.17) is 9.47 Å². The molecule has 0 aromatic heterocycles. The summed E-state index contributed by atoms with van der Waals surface area (Å²) in [5, 5.41) is 2.87. The molecule has 0 bridgehead atoms. The van der Waals surface area contributed by atoms with E-state index >= 15 is 0 Å². The Kier molecular flexibility index (Phi) is 5.27. The van der Waals surface area contributed by atoms with Crippen LogP contribution in [0.1, 0.15) is 28.8 Å². The fourth-order valence-corrected chi connectivity index (χ4v) is 4.03. The van der Waals surface area contributed by atoms with Gasteiger partial charge in [-0.1, -0.05) is 12.1 Å². The lowest BCUT2D eigenvalue weighted by Crippen LogP contribution is -2.27. The molecule has 0 atom stereocenters. The Morgan fingerprint density at radius 1 is 1.07 bits per heavy atom. The summed E-state index contributed by atoms with van der Waals surface area (Å²) in [6.07, 6.45) is 1.90. The Hall–Kier alpha value is -2.74. The summed E-state index contributed by atoms with van der Waals surface area (Å²) >= 11 is 0. The first-order valence-electron chi connectivity index (χ1n) is 8.51. The fourth-order valence-electron chi connectivity index (χ4n) is 2.71. The van der Waals surface area contributed by atoms with Gasteiger partial charge in [-0.15, -0.1) is 0 Å². The third-order valence-corrected chi connectivity index (χ3v) is 5.81. The van der Waals surface area contributed by atoms with Crippen LogP contribution in [0.2, 0.25) is 0 Å². The van der Waals surface area contributed by atoms with Crippen LogP contribution in [0, 0.1) is 6.92 Å². The molecule has 144 valence electrons. The van der Waals surface area contributed by atoms with Crippen molar-refractivity contribution in [3.63, 3.8) is 0 Å². The molecule has 2 N–H and O–H groups in total. The molecule has 8 heteroatoms. The van der Waals surface area contributed by atoms with Crippen LogP contribution in [0.25, 0.3) is 0 Å². The number of anilines is 1. The van der Waals surface area contributed by atoms with Crippen molar-refractivity contribution < 1.29 is 22.7 Å². The molecule has 0 spiro atoms. The molecule has 1 amide bonds. The van der Waals surface area contributed by atoms with Crippen LogP contribution >= 0.6 is 0 Å². The Balaban J connectivity index is 1.95. The number of benzene rings is 2. The van der Waals surface area contributed by atoms with Crippen LogP contribution in [0.4, 0.5) is 5.69 Å². The first-order valence-corrected chi connectivity index (χ1v) is 9.99. The Labute approximate surface area is 158 Å². The topological polar surface area (TPSA) is 93.7 Å². The SMILES string of the molecule is COc1cc(C)c(S(=O)(=O)Nc2ccccc2C(=O)NC2CC2)cc1OC. The third kappa shape index (κ3) is 4.16. The lowest BCUT2D eigenvalue weighted by molar-refractivity contribution is 0.0952. The normalized spacial score (nSPS) is 13.7. The number of aryl methyl sites for hydroxylation is 1. The van der Waals surface area contributed by atoms with Crippen molar-refractivity contribution in [2.75, 3.05) is 18.9 Å². The van der Waals surface area contributed by atoms with E-state index < -0.39 is 10.0 Å². The molecule has 2 aromatic rings. The molecular formula is C19H22N2O5S. The van der Waals surface area contributed by atoms with Gasteiger partial charge in [-0.25, -0.2) is 8.42 Å². The van der Waals surface area contributed by atoms with Gasteiger partial charge in [0.1, 0.15) is 0 Å². The van der Waals surface area contributed by atoms with E-state index in [1.165, 1.54) is 20.3 Å². The van der Waals surface area contributed by atoms with Crippen molar-refractivity contribution in [2.45, 2.75) is 30.7 Å². The molecule has 0 aliphatic heterocycles. The van der Waals surface area contributed by atoms with Crippen molar-refractivity contribution >= 4 is 21.6 Å². The summed E-state index contributed by atoms with van der Waals surface area (Å²) in [6, 6.07) is 9.71. The van der Waals surface area contributed by atoms with Gasteiger partial charge in [0.15, 0.2) is 11.5 Å². The Morgan fingerprint density at radius 2 is 1.70 bits per heavy atom. The van der Waals surface area contributed by atoms with Crippen molar-refractivity contribution in [2.24, 2.45) is 0 Å². The Morgan fingerprint density at radius 3 is 2.33 bits per heavy atom. The van der Waals surface area contributed by atoms with E-state index in [2.05, 4.69) is 10.0 Å². The van der Waals surface area contributed by atoms with E-state index in [1.807, 2.05) is 0 Å². The summed E-state index contributed by atoms with van der Waals surface area (Å²) in [6.45, 7) is 1.67. The van der Waals surface area contributed by atoms with E-state index in [-0.39, 0.29) is 28.1 Å². The lowest BCUT2D eigenvalue weighted by Gasteiger charge is -2.16. The molecular weight excluding hydrogens is 368 g/mol. The highest BCUT2D eigenvalue weighted by Gasteiger charge is 2.26. The van der Waals surface area contributed by atoms with Gasteiger partial charge < -0.3 is 14.8 Å². The fraction of sp³-hybridized carbons (Fsp3) is 0.316. The molecule has 1 saturated carbocycles. The zero-order chi connectivity index (χ0) is 19.6. The van der Waals surface area contributed by atoms with Crippen molar-refractivity contribution in [1.29, 1.82) is 0 Å². The van der Waals surface area contributed by atoms with Crippen molar-refractivity contribution in [3.05, 3.63) is 47.5 Å². The van der Waals surface area contributed by atoms with Crippen molar-refractivity contribution in [3.8, 4) is 11.5 Å². The molecule has 1 aliphatic carbocycles. The molecule has 3 rings (SSSR count). The maximum Gasteiger partial charge on any atom is 0.262 e. The van der Waals surface area contributed by atoms with E-state index in [1.54, 1.807) is 37.3 Å². The first kappa shape index (κ1) is 19.0. The van der Waals surface area contributed by atoms with Crippen LogP contribution in [-0.2, 0) is 10.0 Å². The van der Waals surface area contributed by atoms with Gasteiger partial charge in [-0.2, -0.15) is 0 Å². The van der Waals surface area contributed by atoms with Gasteiger partial charge in [0.2, 0.25) is 0 Å². The van der Waals surface area contributed by atoms with Crippen LogP contribution < -0.4 is 19.5 Å². The minimum absolute atomic E-state index is 0.0533. The minimum Gasteiger partial charge on any atom is -0.493 e. The maximum atomic E-state index is 13.0. The third-order valence-electron chi connectivity index (χ3n) is 4.30. The van der Waals surface area contributed by atoms with Gasteiger partial charge in [0, 0.05) is 12.1 Å². The number of hydrogen-bond donors (Lipinski definition) is 2. The largest absolute Gasteiger partial charge is 0.493 e. The number of rotatable bonds is 7. The zero-order valence-electron chi connectivity index (χ0n) is 15.4. The number of hydrogen-bond acceptors (Lipinski definition) is 5. The maximum absolute atomic E-state index is 13.0. The molecule has 0 heterocycles. The summed E-state index contributed by atoms with van der Waals surface area (Å²) in [5.74, 6) is 0.459. The van der Waals surface area contributed by atoms with Crippen LogP contribution in [0.5, 0.6) is 11.5 Å². The van der Waals surface area contributed by atoms with E-state index in [9.17, 15) is 13.2 Å². The van der Waals surface area contributed by atoms with Crippen LogP contribution in [0.15, 0.2) is 41.3 Å². The average molecular weight is 390 g/mol. The number of nitrogens with one attached hydrogen (secondary N) is 2. The monoisotopic (exact) mass is 390 g/mol. The average Bonchev–Trinajstić information content (AvgIpc) is 3.45. The highest BCUT2D eigenvalue weighted by Crippen LogP contribution is 2.33. The molecule has 0 saturated heterocycles. The quantitative estimate of drug-likeness (QED) is 0.758. The Bertz CT molecular complexity index is 968. The second-order valence-electron chi connectivity index (χ2n) is 6.37. The molecule has 0 radical (unpaired) electrons. The number of amides is 1. The second kappa shape index (κ2) is 7.48. The van der Waals surface area contributed by atoms with Gasteiger partial charge >= 0.3 is 0 Å². The minimum atomic E-state index is -3.94. The van der Waals surface area contributed by atoms with Crippen molar-refractivity contribution in [1.82, 2.24) is 5.32 Å². The number of carbonyl (C=O) groups is 1. The molecule has 0 unspecified atom stereocenters. The summed E-state index contributed by atoms with van der Waals surface area (Å²) in [5.41, 5.74) is 1.01. The first-order chi connectivity index (χ1) is 12.9. The molecule has 2 aromatic carbocycles. The van der Waals surface area contributed by atoms with E-state index in [0.717, 1.165) is 12.8 Å². The van der Waals surface area contributed by atoms with Gasteiger partial charge in [0.05, 0.1) is 30.4 Å². The van der Waals surface area contributed by atoms with Gasteiger partial charge in [-0.3, -0.25) is 9.52 Å². The summed E-state index contributed by atoms with van der Waals surface area (Å²) in [7, 11) is -1.01. The lowest BCUT2D eigenvalue weighted by atomic mass is 10.1. The second-order valence-corrected chi connectivity index (χ2v) is 8.02. The number of sulfonamides is 1. The molecule has 1 aliphatic rings. The number of carbonyl (C=O) groups excluding carboxylic acids is 1. The summed E-state index contributed by atoms with van der Waals surface area (Å²) < 4.78 is 38.9. The smallest absolute Gasteiger partial charge is 0.262 e. The van der Waals surface area contributed by atoms with E-state index in [0.29, 0.717) is 17.1 Å². The standard InChI is InChI=1S/C19H22N2O5S/c1-12-10-16(25-2)17(26-3)11-18(12)27(23,24)21-15-7-5-4-6-14(15)19(22)20-13-8-9-13/h4-7,10-11,13,21H,8-9H2,1-3H3,(H,20,22). The number of methoxy groups -OCH3 is 2. The molecule has 27 heavy (non-hydrogen) atoms. The molecule has 1 fully saturated rings. The van der Waals surface area contributed by atoms with Crippen LogP contribution in [0.3, 0.4) is 0 Å². The predicted molar refractivity (Wildman–Crippen MR) is 102 cm³/mol. The molecule has 7 nitrogen and oxygen atoms in total. The van der Waals surface area contributed by atoms with Crippen LogP contribution in [-0.4, -0.2) is 34.6 Å². The van der Waals surface area contributed by atoms with Gasteiger partial charge in [0.25, 0.3) is 15.9 Å². The van der Waals surface area contributed by atoms with Gasteiger partial charge in [-0.05, 0) is 43.5 Å². The number of para-hydroxylation sites is 1.